The van der Waals surface area contributed by atoms with E-state index in [1.54, 1.807) is 36.4 Å². The maximum atomic E-state index is 13.2. The number of rotatable bonds is 9. The number of amides is 1. The highest BCUT2D eigenvalue weighted by Gasteiger charge is 2.16. The number of nitrogens with one attached hydrogen (secondary N) is 1. The van der Waals surface area contributed by atoms with Crippen molar-refractivity contribution in [2.45, 2.75) is 12.1 Å². The fourth-order valence-corrected chi connectivity index (χ4v) is 4.38. The number of hydrogen-bond donors (Lipinski definition) is 1. The summed E-state index contributed by atoms with van der Waals surface area (Å²) >= 11 is 1.12. The number of fused-ring (bicyclic) bond motifs is 1. The van der Waals surface area contributed by atoms with Crippen LogP contribution in [-0.2, 0) is 9.59 Å². The first-order chi connectivity index (χ1) is 18.4. The van der Waals surface area contributed by atoms with Gasteiger partial charge in [-0.3, -0.25) is 19.0 Å². The number of esters is 1. The number of aromatic nitrogens is 2. The number of carbonyl (C=O) groups excluding carboxylic acids is 2. The fraction of sp³-hybridized carbons (Fsp3) is 0.148. The summed E-state index contributed by atoms with van der Waals surface area (Å²) in [6.07, 6.45) is 1.40. The zero-order chi connectivity index (χ0) is 27.1. The van der Waals surface area contributed by atoms with Crippen LogP contribution in [0.4, 0.5) is 0 Å². The van der Waals surface area contributed by atoms with Gasteiger partial charge >= 0.3 is 5.97 Å². The van der Waals surface area contributed by atoms with E-state index in [4.69, 9.17) is 14.2 Å². The van der Waals surface area contributed by atoms with Gasteiger partial charge in [0.2, 0.25) is 5.75 Å². The molecule has 0 aliphatic rings. The molecule has 0 fully saturated rings. The minimum atomic E-state index is -0.522. The maximum Gasteiger partial charge on any atom is 0.308 e. The average Bonchev–Trinajstić information content (AvgIpc) is 2.92. The molecule has 0 bridgehead atoms. The molecule has 0 radical (unpaired) electrons. The highest BCUT2D eigenvalue weighted by atomic mass is 32.2. The van der Waals surface area contributed by atoms with Gasteiger partial charge in [0, 0.05) is 12.5 Å². The van der Waals surface area contributed by atoms with Crippen LogP contribution >= 0.6 is 11.8 Å². The van der Waals surface area contributed by atoms with Crippen LogP contribution in [0.25, 0.3) is 16.6 Å². The minimum Gasteiger partial charge on any atom is -0.493 e. The molecule has 11 heteroatoms. The predicted molar refractivity (Wildman–Crippen MR) is 145 cm³/mol. The summed E-state index contributed by atoms with van der Waals surface area (Å²) < 4.78 is 17.2. The molecule has 0 saturated heterocycles. The molecule has 1 aromatic heterocycles. The molecule has 0 unspecified atom stereocenters. The summed E-state index contributed by atoms with van der Waals surface area (Å²) in [5, 5.41) is 4.87. The van der Waals surface area contributed by atoms with Crippen LogP contribution < -0.4 is 25.2 Å². The van der Waals surface area contributed by atoms with Gasteiger partial charge in [0.1, 0.15) is 0 Å². The maximum absolute atomic E-state index is 13.2. The summed E-state index contributed by atoms with van der Waals surface area (Å²) in [5.41, 5.74) is 3.98. The fourth-order valence-electron chi connectivity index (χ4n) is 3.57. The SMILES string of the molecule is COc1cc(/C=N\NC(=O)CSc2nc3ccccc3c(=O)n2-c2ccccc2)cc(OC)c1OC(C)=O. The zero-order valence-corrected chi connectivity index (χ0v) is 21.7. The van der Waals surface area contributed by atoms with Crippen LogP contribution in [0.2, 0.25) is 0 Å². The van der Waals surface area contributed by atoms with Crippen molar-refractivity contribution in [2.24, 2.45) is 5.10 Å². The molecule has 0 aliphatic carbocycles. The number of thioether (sulfide) groups is 1. The monoisotopic (exact) mass is 532 g/mol. The van der Waals surface area contributed by atoms with E-state index >= 15 is 0 Å². The zero-order valence-electron chi connectivity index (χ0n) is 20.8. The lowest BCUT2D eigenvalue weighted by Gasteiger charge is -2.13. The van der Waals surface area contributed by atoms with Gasteiger partial charge in [-0.25, -0.2) is 10.4 Å². The Morgan fingerprint density at radius 3 is 2.34 bits per heavy atom. The van der Waals surface area contributed by atoms with E-state index in [1.165, 1.54) is 31.9 Å². The van der Waals surface area contributed by atoms with E-state index in [2.05, 4.69) is 15.5 Å². The van der Waals surface area contributed by atoms with Crippen molar-refractivity contribution < 1.29 is 23.8 Å². The summed E-state index contributed by atoms with van der Waals surface area (Å²) in [6.45, 7) is 1.27. The lowest BCUT2D eigenvalue weighted by Crippen LogP contribution is -2.24. The van der Waals surface area contributed by atoms with Crippen molar-refractivity contribution >= 4 is 40.8 Å². The molecule has 0 aliphatic heterocycles. The van der Waals surface area contributed by atoms with Crippen molar-refractivity contribution in [1.29, 1.82) is 0 Å². The number of carbonyl (C=O) groups is 2. The normalized spacial score (nSPS) is 10.9. The Morgan fingerprint density at radius 1 is 1.03 bits per heavy atom. The Hall–Kier alpha value is -4.64. The number of nitrogens with zero attached hydrogens (tertiary/aromatic N) is 3. The van der Waals surface area contributed by atoms with Crippen LogP contribution in [0.1, 0.15) is 12.5 Å². The topological polar surface area (TPSA) is 121 Å². The first kappa shape index (κ1) is 26.4. The van der Waals surface area contributed by atoms with Crippen LogP contribution in [-0.4, -0.2) is 47.6 Å². The van der Waals surface area contributed by atoms with Crippen molar-refractivity contribution in [1.82, 2.24) is 15.0 Å². The lowest BCUT2D eigenvalue weighted by atomic mass is 10.2. The van der Waals surface area contributed by atoms with Gasteiger partial charge in [0.15, 0.2) is 16.7 Å². The smallest absolute Gasteiger partial charge is 0.308 e. The standard InChI is InChI=1S/C27H24N4O6S/c1-17(32)37-25-22(35-2)13-18(14-23(25)36-3)15-28-30-24(33)16-38-27-29-21-12-8-7-11-20(21)26(34)31(27)19-9-5-4-6-10-19/h4-15H,16H2,1-3H3,(H,30,33)/b28-15-. The van der Waals surface area contributed by atoms with Gasteiger partial charge in [0.05, 0.1) is 42.8 Å². The Kier molecular flexibility index (Phi) is 8.39. The van der Waals surface area contributed by atoms with Crippen molar-refractivity contribution in [3.05, 3.63) is 82.6 Å². The average molecular weight is 533 g/mol. The Labute approximate surface area is 222 Å². The van der Waals surface area contributed by atoms with E-state index in [-0.39, 0.29) is 28.6 Å². The second-order valence-corrected chi connectivity index (χ2v) is 8.76. The van der Waals surface area contributed by atoms with Crippen molar-refractivity contribution in [3.63, 3.8) is 0 Å². The molecular weight excluding hydrogens is 508 g/mol. The number of hydrazone groups is 1. The Balaban J connectivity index is 1.51. The van der Waals surface area contributed by atoms with E-state index in [1.807, 2.05) is 30.3 Å². The largest absolute Gasteiger partial charge is 0.493 e. The predicted octanol–water partition coefficient (Wildman–Crippen LogP) is 3.57. The summed E-state index contributed by atoms with van der Waals surface area (Å²) in [5.74, 6) is -0.275. The highest BCUT2D eigenvalue weighted by Crippen LogP contribution is 2.38. The summed E-state index contributed by atoms with van der Waals surface area (Å²) in [6, 6.07) is 19.4. The van der Waals surface area contributed by atoms with E-state index in [0.717, 1.165) is 11.8 Å². The van der Waals surface area contributed by atoms with Crippen LogP contribution in [0, 0.1) is 0 Å². The van der Waals surface area contributed by atoms with E-state index < -0.39 is 11.9 Å². The molecule has 4 aromatic rings. The van der Waals surface area contributed by atoms with Gasteiger partial charge in [0.25, 0.3) is 11.5 Å². The first-order valence-corrected chi connectivity index (χ1v) is 12.4. The third-order valence-corrected chi connectivity index (χ3v) is 6.16. The third kappa shape index (κ3) is 6.01. The summed E-state index contributed by atoms with van der Waals surface area (Å²) in [7, 11) is 2.86. The van der Waals surface area contributed by atoms with E-state index in [9.17, 15) is 14.4 Å². The first-order valence-electron chi connectivity index (χ1n) is 11.4. The number of methoxy groups -OCH3 is 2. The second kappa shape index (κ2) is 12.1. The highest BCUT2D eigenvalue weighted by molar-refractivity contribution is 7.99. The molecule has 4 rings (SSSR count). The van der Waals surface area contributed by atoms with Crippen molar-refractivity contribution in [3.8, 4) is 22.9 Å². The Morgan fingerprint density at radius 2 is 1.68 bits per heavy atom. The number of hydrogen-bond acceptors (Lipinski definition) is 9. The number of ether oxygens (including phenoxy) is 3. The molecule has 3 aromatic carbocycles. The number of benzene rings is 3. The van der Waals surface area contributed by atoms with Gasteiger partial charge in [-0.1, -0.05) is 42.1 Å². The molecule has 0 saturated carbocycles. The lowest BCUT2D eigenvalue weighted by molar-refractivity contribution is -0.132. The van der Waals surface area contributed by atoms with Crippen molar-refractivity contribution in [2.75, 3.05) is 20.0 Å². The molecule has 0 spiro atoms. The molecule has 1 heterocycles. The quantitative estimate of drug-likeness (QED) is 0.0867. The molecule has 1 amide bonds. The van der Waals surface area contributed by atoms with Gasteiger partial charge < -0.3 is 14.2 Å². The van der Waals surface area contributed by atoms with Gasteiger partial charge in [-0.05, 0) is 36.4 Å². The van der Waals surface area contributed by atoms with Gasteiger partial charge in [-0.2, -0.15) is 5.10 Å². The minimum absolute atomic E-state index is 0.0347. The molecule has 194 valence electrons. The van der Waals surface area contributed by atoms with Crippen LogP contribution in [0.5, 0.6) is 17.2 Å². The molecule has 10 nitrogen and oxygen atoms in total. The van der Waals surface area contributed by atoms with Crippen LogP contribution in [0.15, 0.2) is 81.8 Å². The number of para-hydroxylation sites is 2. The van der Waals surface area contributed by atoms with Crippen LogP contribution in [0.3, 0.4) is 0 Å². The Bertz CT molecular complexity index is 1540. The van der Waals surface area contributed by atoms with Gasteiger partial charge in [-0.15, -0.1) is 0 Å². The molecule has 1 N–H and O–H groups in total. The molecule has 0 atom stereocenters. The molecular formula is C27H24N4O6S. The third-order valence-electron chi connectivity index (χ3n) is 5.22. The van der Waals surface area contributed by atoms with E-state index in [0.29, 0.717) is 27.3 Å². The second-order valence-electron chi connectivity index (χ2n) is 7.82. The summed E-state index contributed by atoms with van der Waals surface area (Å²) in [4.78, 5) is 41.8. The molecule has 38 heavy (non-hydrogen) atoms.